The predicted molar refractivity (Wildman–Crippen MR) is 91.6 cm³/mol. The van der Waals surface area contributed by atoms with E-state index in [2.05, 4.69) is 20.1 Å². The van der Waals surface area contributed by atoms with Crippen LogP contribution in [-0.4, -0.2) is 59.4 Å². The molecule has 2 aromatic rings. The lowest BCUT2D eigenvalue weighted by molar-refractivity contribution is -0.142. The van der Waals surface area contributed by atoms with Crippen molar-refractivity contribution in [2.45, 2.75) is 25.4 Å². The minimum atomic E-state index is -0.988. The number of methoxy groups -OCH3 is 1. The maximum atomic E-state index is 12.4. The Labute approximate surface area is 145 Å². The molecule has 2 N–H and O–H groups in total. The first-order chi connectivity index (χ1) is 12.1. The molecule has 25 heavy (non-hydrogen) atoms. The van der Waals surface area contributed by atoms with Crippen LogP contribution in [-0.2, 0) is 9.53 Å². The van der Waals surface area contributed by atoms with Crippen molar-refractivity contribution in [1.29, 1.82) is 0 Å². The second-order valence-electron chi connectivity index (χ2n) is 6.11. The topological polar surface area (TPSA) is 96.2 Å². The van der Waals surface area contributed by atoms with Gasteiger partial charge < -0.3 is 20.1 Å². The molecule has 1 aliphatic rings. The van der Waals surface area contributed by atoms with E-state index >= 15 is 0 Å². The average Bonchev–Trinajstić information content (AvgIpc) is 3.28. The van der Waals surface area contributed by atoms with Gasteiger partial charge in [0.15, 0.2) is 0 Å². The number of anilines is 1. The van der Waals surface area contributed by atoms with Gasteiger partial charge in [-0.25, -0.2) is 4.52 Å². The number of aliphatic hydroxyl groups is 1. The molecule has 3 rings (SSSR count). The Bertz CT molecular complexity index is 767. The molecule has 0 spiro atoms. The minimum absolute atomic E-state index is 0.0307. The lowest BCUT2D eigenvalue weighted by atomic mass is 10.2. The largest absolute Gasteiger partial charge is 0.469 e. The Morgan fingerprint density at radius 2 is 2.16 bits per heavy atom. The summed E-state index contributed by atoms with van der Waals surface area (Å²) in [4.78, 5) is 25.8. The van der Waals surface area contributed by atoms with Crippen molar-refractivity contribution in [3.63, 3.8) is 0 Å². The molecule has 1 fully saturated rings. The second-order valence-corrected chi connectivity index (χ2v) is 6.11. The summed E-state index contributed by atoms with van der Waals surface area (Å²) in [7, 11) is 1.25. The van der Waals surface area contributed by atoms with Crippen molar-refractivity contribution in [2.24, 2.45) is 0 Å². The van der Waals surface area contributed by atoms with Crippen LogP contribution >= 0.6 is 0 Å². The van der Waals surface area contributed by atoms with Gasteiger partial charge in [-0.05, 0) is 25.0 Å². The van der Waals surface area contributed by atoms with Crippen molar-refractivity contribution in [3.8, 4) is 0 Å². The first-order valence-corrected chi connectivity index (χ1v) is 8.34. The number of ether oxygens (including phenoxy) is 1. The van der Waals surface area contributed by atoms with Gasteiger partial charge in [-0.1, -0.05) is 0 Å². The van der Waals surface area contributed by atoms with Gasteiger partial charge in [0.2, 0.25) is 0 Å². The van der Waals surface area contributed by atoms with Gasteiger partial charge in [0.1, 0.15) is 0 Å². The van der Waals surface area contributed by atoms with E-state index < -0.39 is 12.1 Å². The zero-order valence-corrected chi connectivity index (χ0v) is 14.1. The fourth-order valence-corrected chi connectivity index (χ4v) is 2.97. The molecule has 8 nitrogen and oxygen atoms in total. The first kappa shape index (κ1) is 17.2. The van der Waals surface area contributed by atoms with Gasteiger partial charge in [-0.15, -0.1) is 0 Å². The number of aliphatic hydroxyl groups excluding tert-OH is 1. The van der Waals surface area contributed by atoms with Crippen LogP contribution in [0.2, 0.25) is 0 Å². The summed E-state index contributed by atoms with van der Waals surface area (Å²) in [5.41, 5.74) is 2.22. The molecule has 0 bridgehead atoms. The van der Waals surface area contributed by atoms with E-state index in [9.17, 15) is 14.7 Å². The van der Waals surface area contributed by atoms with E-state index in [0.717, 1.165) is 18.8 Å². The van der Waals surface area contributed by atoms with Crippen LogP contribution in [0.5, 0.6) is 0 Å². The van der Waals surface area contributed by atoms with E-state index in [1.165, 1.54) is 26.1 Å². The maximum absolute atomic E-state index is 12.4. The van der Waals surface area contributed by atoms with E-state index in [1.807, 2.05) is 18.3 Å². The highest BCUT2D eigenvalue weighted by Gasteiger charge is 2.18. The maximum Gasteiger partial charge on any atom is 0.308 e. The van der Waals surface area contributed by atoms with Crippen LogP contribution in [0.1, 0.15) is 29.6 Å². The lowest BCUT2D eigenvalue weighted by Gasteiger charge is -2.17. The highest BCUT2D eigenvalue weighted by Crippen LogP contribution is 2.23. The third-order valence-corrected chi connectivity index (χ3v) is 4.35. The third kappa shape index (κ3) is 3.90. The number of pyridine rings is 1. The minimum Gasteiger partial charge on any atom is -0.469 e. The molecular formula is C17H22N4O4. The van der Waals surface area contributed by atoms with Crippen molar-refractivity contribution < 1.29 is 19.4 Å². The number of fused-ring (bicyclic) bond motifs is 1. The molecule has 0 aliphatic carbocycles. The highest BCUT2D eigenvalue weighted by atomic mass is 16.5. The Kier molecular flexibility index (Phi) is 5.18. The van der Waals surface area contributed by atoms with Crippen molar-refractivity contribution in [1.82, 2.24) is 14.9 Å². The monoisotopic (exact) mass is 346 g/mol. The molecule has 8 heteroatoms. The summed E-state index contributed by atoms with van der Waals surface area (Å²) in [6.45, 7) is 2.01. The van der Waals surface area contributed by atoms with Crippen molar-refractivity contribution >= 4 is 23.1 Å². The number of hydrogen-bond donors (Lipinski definition) is 2. The summed E-state index contributed by atoms with van der Waals surface area (Å²) in [5.74, 6) is -0.856. The van der Waals surface area contributed by atoms with E-state index in [4.69, 9.17) is 0 Å². The van der Waals surface area contributed by atoms with Gasteiger partial charge in [-0.3, -0.25) is 9.59 Å². The summed E-state index contributed by atoms with van der Waals surface area (Å²) in [6.07, 6.45) is 4.55. The number of esters is 1. The van der Waals surface area contributed by atoms with E-state index in [0.29, 0.717) is 11.1 Å². The second kappa shape index (κ2) is 7.52. The van der Waals surface area contributed by atoms with Gasteiger partial charge >= 0.3 is 5.97 Å². The van der Waals surface area contributed by atoms with E-state index in [-0.39, 0.29) is 18.9 Å². The molecule has 2 aromatic heterocycles. The molecule has 0 radical (unpaired) electrons. The molecule has 1 atom stereocenters. The number of carbonyl (C=O) groups excluding carboxylic acids is 2. The lowest BCUT2D eigenvalue weighted by Crippen LogP contribution is -2.33. The van der Waals surface area contributed by atoms with Crippen LogP contribution in [0.3, 0.4) is 0 Å². The molecule has 1 aliphatic heterocycles. The van der Waals surface area contributed by atoms with Crippen LogP contribution < -0.4 is 10.2 Å². The summed E-state index contributed by atoms with van der Waals surface area (Å²) in [5, 5.41) is 16.6. The van der Waals surface area contributed by atoms with E-state index in [1.54, 1.807) is 4.52 Å². The summed E-state index contributed by atoms with van der Waals surface area (Å²) < 4.78 is 6.14. The molecule has 1 unspecified atom stereocenters. The Balaban J connectivity index is 1.70. The summed E-state index contributed by atoms with van der Waals surface area (Å²) in [6, 6.07) is 3.95. The number of carbonyl (C=O) groups is 2. The molecular weight excluding hydrogens is 324 g/mol. The van der Waals surface area contributed by atoms with Crippen LogP contribution in [0, 0.1) is 0 Å². The van der Waals surface area contributed by atoms with Crippen LogP contribution in [0.15, 0.2) is 24.5 Å². The number of nitrogens with zero attached hydrogens (tertiary/aromatic N) is 3. The fraction of sp³-hybridized carbons (Fsp3) is 0.471. The Morgan fingerprint density at radius 1 is 1.40 bits per heavy atom. The molecule has 134 valence electrons. The smallest absolute Gasteiger partial charge is 0.308 e. The van der Waals surface area contributed by atoms with Crippen molar-refractivity contribution in [2.75, 3.05) is 31.6 Å². The standard InChI is InChI=1S/C17H22N4O4/c1-25-16(23)9-13(22)10-18-17(24)14-11-19-21-7-4-12(8-15(14)21)20-5-2-3-6-20/h4,7-8,11,13,22H,2-3,5-6,9-10H2,1H3,(H,18,24). The van der Waals surface area contributed by atoms with Crippen LogP contribution in [0.4, 0.5) is 5.69 Å². The molecule has 0 saturated carbocycles. The zero-order chi connectivity index (χ0) is 17.8. The first-order valence-electron chi connectivity index (χ1n) is 8.34. The number of aromatic nitrogens is 2. The highest BCUT2D eigenvalue weighted by molar-refractivity contribution is 6.01. The molecule has 1 amide bonds. The van der Waals surface area contributed by atoms with Gasteiger partial charge in [0, 0.05) is 31.5 Å². The Morgan fingerprint density at radius 3 is 2.88 bits per heavy atom. The van der Waals surface area contributed by atoms with Gasteiger partial charge in [-0.2, -0.15) is 5.10 Å². The fourth-order valence-electron chi connectivity index (χ4n) is 2.97. The predicted octanol–water partition coefficient (Wildman–Crippen LogP) is 0.588. The number of nitrogens with one attached hydrogen (secondary N) is 1. The zero-order valence-electron chi connectivity index (χ0n) is 14.1. The molecule has 3 heterocycles. The quantitative estimate of drug-likeness (QED) is 0.743. The SMILES string of the molecule is COC(=O)CC(O)CNC(=O)c1cnn2ccc(N3CCCC3)cc12. The molecule has 0 aromatic carbocycles. The molecule has 1 saturated heterocycles. The number of amides is 1. The number of rotatable bonds is 6. The van der Waals surface area contributed by atoms with Crippen molar-refractivity contribution in [3.05, 3.63) is 30.1 Å². The summed E-state index contributed by atoms with van der Waals surface area (Å²) >= 11 is 0. The Hall–Kier alpha value is -2.61. The normalized spacial score (nSPS) is 15.4. The van der Waals surface area contributed by atoms with Crippen LogP contribution in [0.25, 0.3) is 5.52 Å². The average molecular weight is 346 g/mol. The van der Waals surface area contributed by atoms with Gasteiger partial charge in [0.05, 0.1) is 36.9 Å². The number of hydrogen-bond acceptors (Lipinski definition) is 6. The third-order valence-electron chi connectivity index (χ3n) is 4.35. The van der Waals surface area contributed by atoms with Gasteiger partial charge in [0.25, 0.3) is 5.91 Å².